The van der Waals surface area contributed by atoms with Crippen LogP contribution in [0.1, 0.15) is 26.3 Å². The molecule has 0 bridgehead atoms. The zero-order valence-corrected chi connectivity index (χ0v) is 14.9. The number of carbonyl (C=O) groups is 3. The summed E-state index contributed by atoms with van der Waals surface area (Å²) in [6.07, 6.45) is 0. The van der Waals surface area contributed by atoms with E-state index in [0.29, 0.717) is 28.1 Å². The minimum atomic E-state index is -0.374. The molecule has 0 fully saturated rings. The molecule has 2 aromatic rings. The van der Waals surface area contributed by atoms with Gasteiger partial charge in [-0.1, -0.05) is 18.2 Å². The van der Waals surface area contributed by atoms with Crippen LogP contribution < -0.4 is 5.32 Å². The van der Waals surface area contributed by atoms with Crippen LogP contribution in [0.3, 0.4) is 0 Å². The van der Waals surface area contributed by atoms with E-state index >= 15 is 0 Å². The van der Waals surface area contributed by atoms with E-state index in [-0.39, 0.29) is 35.8 Å². The van der Waals surface area contributed by atoms with Crippen molar-refractivity contribution in [1.82, 2.24) is 4.90 Å². The van der Waals surface area contributed by atoms with Gasteiger partial charge in [0.25, 0.3) is 11.8 Å². The highest BCUT2D eigenvalue weighted by Crippen LogP contribution is 2.22. The predicted octanol–water partition coefficient (Wildman–Crippen LogP) is 3.10. The van der Waals surface area contributed by atoms with E-state index in [1.54, 1.807) is 43.3 Å². The van der Waals surface area contributed by atoms with Crippen LogP contribution >= 0.6 is 11.8 Å². The first-order valence-corrected chi connectivity index (χ1v) is 9.22. The fourth-order valence-corrected chi connectivity index (χ4v) is 3.34. The Balaban J connectivity index is 1.46. The van der Waals surface area contributed by atoms with Crippen molar-refractivity contribution in [1.29, 1.82) is 0 Å². The lowest BCUT2D eigenvalue weighted by atomic mass is 10.1. The molecule has 0 radical (unpaired) electrons. The second-order valence-corrected chi connectivity index (χ2v) is 6.98. The van der Waals surface area contributed by atoms with Crippen molar-refractivity contribution in [3.63, 3.8) is 0 Å². The van der Waals surface area contributed by atoms with Gasteiger partial charge in [-0.2, -0.15) is 11.8 Å². The van der Waals surface area contributed by atoms with Gasteiger partial charge in [-0.25, -0.2) is 4.39 Å². The number of thioether (sulfide) groups is 1. The summed E-state index contributed by atoms with van der Waals surface area (Å²) >= 11 is 1.31. The number of amides is 3. The van der Waals surface area contributed by atoms with Crippen LogP contribution in [0.15, 0.2) is 42.5 Å². The van der Waals surface area contributed by atoms with E-state index in [9.17, 15) is 18.8 Å². The third-order valence-corrected chi connectivity index (χ3v) is 4.96. The maximum Gasteiger partial charge on any atom is 0.261 e. The largest absolute Gasteiger partial charge is 0.325 e. The van der Waals surface area contributed by atoms with Gasteiger partial charge in [-0.15, -0.1) is 0 Å². The third kappa shape index (κ3) is 3.77. The molecule has 0 saturated heterocycles. The summed E-state index contributed by atoms with van der Waals surface area (Å²) in [6.45, 7) is 1.89. The van der Waals surface area contributed by atoms with Gasteiger partial charge in [0.05, 0.1) is 16.9 Å². The number of aryl methyl sites for hydroxylation is 1. The average molecular weight is 372 g/mol. The number of carbonyl (C=O) groups excluding carboxylic acids is 3. The molecule has 0 aromatic heterocycles. The molecule has 0 spiro atoms. The highest BCUT2D eigenvalue weighted by atomic mass is 32.2. The van der Waals surface area contributed by atoms with Crippen molar-refractivity contribution in [2.45, 2.75) is 6.92 Å². The summed E-state index contributed by atoms with van der Waals surface area (Å²) in [7, 11) is 0. The van der Waals surface area contributed by atoms with Gasteiger partial charge in [0, 0.05) is 18.0 Å². The molecule has 1 heterocycles. The van der Waals surface area contributed by atoms with Gasteiger partial charge < -0.3 is 5.32 Å². The maximum absolute atomic E-state index is 13.5. The third-order valence-electron chi connectivity index (χ3n) is 4.03. The molecule has 1 aliphatic heterocycles. The molecule has 26 heavy (non-hydrogen) atoms. The van der Waals surface area contributed by atoms with Crippen molar-refractivity contribution < 1.29 is 18.8 Å². The standard InChI is InChI=1S/C19H17FN2O3S/c1-12-6-7-13(10-16(12)20)21-17(23)11-26-9-8-22-18(24)14-4-2-3-5-15(14)19(22)25/h2-7,10H,8-9,11H2,1H3,(H,21,23). The number of halogens is 1. The Hall–Kier alpha value is -2.67. The Morgan fingerprint density at radius 3 is 2.38 bits per heavy atom. The van der Waals surface area contributed by atoms with E-state index in [0.717, 1.165) is 0 Å². The number of fused-ring (bicyclic) bond motifs is 1. The summed E-state index contributed by atoms with van der Waals surface area (Å²) in [5.74, 6) is -0.641. The molecule has 134 valence electrons. The van der Waals surface area contributed by atoms with Crippen molar-refractivity contribution in [2.75, 3.05) is 23.4 Å². The summed E-state index contributed by atoms with van der Waals surface area (Å²) < 4.78 is 13.5. The SMILES string of the molecule is Cc1ccc(NC(=O)CSCCN2C(=O)c3ccccc3C2=O)cc1F. The van der Waals surface area contributed by atoms with Crippen LogP contribution in [0, 0.1) is 12.7 Å². The Morgan fingerprint density at radius 1 is 1.12 bits per heavy atom. The molecular formula is C19H17FN2O3S. The van der Waals surface area contributed by atoms with Crippen molar-refractivity contribution >= 4 is 35.2 Å². The maximum atomic E-state index is 13.5. The first kappa shape index (κ1) is 18.1. The zero-order chi connectivity index (χ0) is 18.7. The summed E-state index contributed by atoms with van der Waals surface area (Å²) in [6, 6.07) is 11.2. The van der Waals surface area contributed by atoms with Crippen LogP contribution in [-0.2, 0) is 4.79 Å². The van der Waals surface area contributed by atoms with E-state index in [4.69, 9.17) is 0 Å². The van der Waals surface area contributed by atoms with Gasteiger partial charge in [-0.3, -0.25) is 19.3 Å². The molecule has 1 aliphatic rings. The number of imide groups is 1. The Labute approximate surface area is 154 Å². The molecule has 7 heteroatoms. The summed E-state index contributed by atoms with van der Waals surface area (Å²) in [5, 5.41) is 2.62. The van der Waals surface area contributed by atoms with Gasteiger partial charge in [0.1, 0.15) is 5.82 Å². The van der Waals surface area contributed by atoms with Gasteiger partial charge in [0.2, 0.25) is 5.91 Å². The van der Waals surface area contributed by atoms with Crippen LogP contribution in [0.2, 0.25) is 0 Å². The number of nitrogens with zero attached hydrogens (tertiary/aromatic N) is 1. The molecule has 1 N–H and O–H groups in total. The second kappa shape index (κ2) is 7.70. The topological polar surface area (TPSA) is 66.5 Å². The van der Waals surface area contributed by atoms with Gasteiger partial charge >= 0.3 is 0 Å². The number of hydrogen-bond donors (Lipinski definition) is 1. The normalized spacial score (nSPS) is 13.1. The second-order valence-electron chi connectivity index (χ2n) is 5.87. The fourth-order valence-electron chi connectivity index (χ4n) is 2.63. The Kier molecular flexibility index (Phi) is 5.37. The number of nitrogens with one attached hydrogen (secondary N) is 1. The smallest absolute Gasteiger partial charge is 0.261 e. The Morgan fingerprint density at radius 2 is 1.77 bits per heavy atom. The van der Waals surface area contributed by atoms with E-state index in [1.807, 2.05) is 0 Å². The van der Waals surface area contributed by atoms with Gasteiger partial charge in [-0.05, 0) is 36.8 Å². The molecule has 0 unspecified atom stereocenters. The van der Waals surface area contributed by atoms with Crippen LogP contribution in [0.5, 0.6) is 0 Å². The number of benzene rings is 2. The number of rotatable bonds is 6. The average Bonchev–Trinajstić information content (AvgIpc) is 2.87. The van der Waals surface area contributed by atoms with E-state index in [1.165, 1.54) is 22.7 Å². The van der Waals surface area contributed by atoms with Crippen LogP contribution in [0.25, 0.3) is 0 Å². The highest BCUT2D eigenvalue weighted by molar-refractivity contribution is 7.99. The lowest BCUT2D eigenvalue weighted by Gasteiger charge is -2.13. The Bertz CT molecular complexity index is 850. The first-order valence-electron chi connectivity index (χ1n) is 8.06. The first-order chi connectivity index (χ1) is 12.5. The van der Waals surface area contributed by atoms with Crippen molar-refractivity contribution in [2.24, 2.45) is 0 Å². The fraction of sp³-hybridized carbons (Fsp3) is 0.211. The number of anilines is 1. The summed E-state index contributed by atoms with van der Waals surface area (Å²) in [4.78, 5) is 37.5. The lowest BCUT2D eigenvalue weighted by Crippen LogP contribution is -2.32. The molecule has 0 atom stereocenters. The van der Waals surface area contributed by atoms with E-state index in [2.05, 4.69) is 5.32 Å². The molecular weight excluding hydrogens is 355 g/mol. The molecule has 5 nitrogen and oxygen atoms in total. The van der Waals surface area contributed by atoms with Crippen LogP contribution in [0.4, 0.5) is 10.1 Å². The van der Waals surface area contributed by atoms with E-state index < -0.39 is 0 Å². The molecule has 2 aromatic carbocycles. The summed E-state index contributed by atoms with van der Waals surface area (Å²) in [5.41, 5.74) is 1.75. The minimum Gasteiger partial charge on any atom is -0.325 e. The van der Waals surface area contributed by atoms with Crippen molar-refractivity contribution in [3.8, 4) is 0 Å². The molecule has 0 saturated carbocycles. The molecule has 3 amide bonds. The lowest BCUT2D eigenvalue weighted by molar-refractivity contribution is -0.113. The predicted molar refractivity (Wildman–Crippen MR) is 98.9 cm³/mol. The zero-order valence-electron chi connectivity index (χ0n) is 14.1. The molecule has 0 aliphatic carbocycles. The number of hydrogen-bond acceptors (Lipinski definition) is 4. The van der Waals surface area contributed by atoms with Crippen LogP contribution in [-0.4, -0.2) is 40.7 Å². The molecule has 3 rings (SSSR count). The quantitative estimate of drug-likeness (QED) is 0.625. The monoisotopic (exact) mass is 372 g/mol. The highest BCUT2D eigenvalue weighted by Gasteiger charge is 2.34. The van der Waals surface area contributed by atoms with Gasteiger partial charge in [0.15, 0.2) is 0 Å². The minimum absolute atomic E-state index is 0.151. The van der Waals surface area contributed by atoms with Crippen molar-refractivity contribution in [3.05, 3.63) is 65.0 Å².